The maximum Gasteiger partial charge on any atom is 0.148 e. The van der Waals surface area contributed by atoms with Crippen LogP contribution in [0.3, 0.4) is 0 Å². The Morgan fingerprint density at radius 3 is 2.53 bits per heavy atom. The highest BCUT2D eigenvalue weighted by molar-refractivity contribution is 5.66. The van der Waals surface area contributed by atoms with Crippen molar-refractivity contribution in [3.8, 4) is 17.0 Å². The van der Waals surface area contributed by atoms with Gasteiger partial charge in [0.05, 0.1) is 12.8 Å². The minimum atomic E-state index is 0.423. The van der Waals surface area contributed by atoms with Crippen LogP contribution in [-0.2, 0) is 7.05 Å². The molecule has 0 saturated heterocycles. The van der Waals surface area contributed by atoms with Gasteiger partial charge < -0.3 is 10.1 Å². The third-order valence-electron chi connectivity index (χ3n) is 3.28. The van der Waals surface area contributed by atoms with Crippen molar-refractivity contribution in [1.82, 2.24) is 9.78 Å². The van der Waals surface area contributed by atoms with Crippen molar-refractivity contribution in [2.24, 2.45) is 7.05 Å². The lowest BCUT2D eigenvalue weighted by molar-refractivity contribution is 0.407. The number of ether oxygens (including phenoxy) is 1. The van der Waals surface area contributed by atoms with E-state index >= 15 is 0 Å². The van der Waals surface area contributed by atoms with Gasteiger partial charge in [-0.3, -0.25) is 4.68 Å². The summed E-state index contributed by atoms with van der Waals surface area (Å²) >= 11 is 0. The first kappa shape index (κ1) is 13.5. The summed E-state index contributed by atoms with van der Waals surface area (Å²) in [6.45, 7) is 4.34. The lowest BCUT2D eigenvalue weighted by Gasteiger charge is -2.13. The lowest BCUT2D eigenvalue weighted by atomic mass is 9.98. The van der Waals surface area contributed by atoms with E-state index in [-0.39, 0.29) is 0 Å². The van der Waals surface area contributed by atoms with Crippen LogP contribution in [0, 0.1) is 0 Å². The normalized spacial score (nSPS) is 10.8. The number of methoxy groups -OCH3 is 1. The van der Waals surface area contributed by atoms with E-state index in [1.807, 2.05) is 30.9 Å². The third-order valence-corrected chi connectivity index (χ3v) is 3.28. The van der Waals surface area contributed by atoms with Crippen molar-refractivity contribution in [2.45, 2.75) is 19.8 Å². The van der Waals surface area contributed by atoms with Crippen LogP contribution in [0.5, 0.6) is 5.75 Å². The average Bonchev–Trinajstić information content (AvgIpc) is 2.79. The number of hydrogen-bond donors (Lipinski definition) is 1. The van der Waals surface area contributed by atoms with Crippen LogP contribution >= 0.6 is 0 Å². The maximum atomic E-state index is 5.42. The highest BCUT2D eigenvalue weighted by Crippen LogP contribution is 2.32. The minimum absolute atomic E-state index is 0.423. The molecule has 1 heterocycles. The molecule has 1 aromatic heterocycles. The maximum absolute atomic E-state index is 5.42. The summed E-state index contributed by atoms with van der Waals surface area (Å²) in [5.74, 6) is 2.24. The number of hydrogen-bond acceptors (Lipinski definition) is 3. The number of nitrogens with one attached hydrogen (secondary N) is 1. The first-order valence-electron chi connectivity index (χ1n) is 6.47. The fourth-order valence-corrected chi connectivity index (χ4v) is 2.20. The second-order valence-corrected chi connectivity index (χ2v) is 4.90. The summed E-state index contributed by atoms with van der Waals surface area (Å²) in [5.41, 5.74) is 3.46. The molecule has 0 atom stereocenters. The van der Waals surface area contributed by atoms with Crippen molar-refractivity contribution in [3.05, 3.63) is 29.8 Å². The number of aromatic nitrogens is 2. The Balaban J connectivity index is 2.50. The van der Waals surface area contributed by atoms with Crippen LogP contribution in [0.4, 0.5) is 5.82 Å². The van der Waals surface area contributed by atoms with Gasteiger partial charge in [-0.25, -0.2) is 0 Å². The standard InChI is InChI=1S/C15H21N3O/c1-10(2)12-8-11(6-7-14(12)19-5)13-9-15(16-3)17-18(13)4/h6-10H,1-5H3,(H,16,17). The number of nitrogens with zero attached hydrogens (tertiary/aromatic N) is 2. The average molecular weight is 259 g/mol. The number of benzene rings is 1. The molecular weight excluding hydrogens is 238 g/mol. The van der Waals surface area contributed by atoms with Gasteiger partial charge in [-0.05, 0) is 29.7 Å². The van der Waals surface area contributed by atoms with Crippen LogP contribution in [0.15, 0.2) is 24.3 Å². The minimum Gasteiger partial charge on any atom is -0.496 e. The summed E-state index contributed by atoms with van der Waals surface area (Å²) in [6, 6.07) is 8.32. The van der Waals surface area contributed by atoms with Crippen LogP contribution < -0.4 is 10.1 Å². The van der Waals surface area contributed by atoms with Gasteiger partial charge in [0.15, 0.2) is 0 Å². The van der Waals surface area contributed by atoms with E-state index in [0.29, 0.717) is 5.92 Å². The van der Waals surface area contributed by atoms with Crippen molar-refractivity contribution in [1.29, 1.82) is 0 Å². The Morgan fingerprint density at radius 1 is 1.26 bits per heavy atom. The molecule has 2 rings (SSSR count). The monoisotopic (exact) mass is 259 g/mol. The first-order valence-corrected chi connectivity index (χ1v) is 6.47. The molecule has 4 nitrogen and oxygen atoms in total. The Hall–Kier alpha value is -1.97. The van der Waals surface area contributed by atoms with Gasteiger partial charge in [-0.15, -0.1) is 0 Å². The molecule has 102 valence electrons. The Bertz CT molecular complexity index is 573. The molecule has 2 aromatic rings. The molecule has 0 unspecified atom stereocenters. The van der Waals surface area contributed by atoms with Gasteiger partial charge in [0.2, 0.25) is 0 Å². The fourth-order valence-electron chi connectivity index (χ4n) is 2.20. The first-order chi connectivity index (χ1) is 9.06. The van der Waals surface area contributed by atoms with E-state index in [4.69, 9.17) is 4.74 Å². The lowest BCUT2D eigenvalue weighted by Crippen LogP contribution is -1.98. The van der Waals surface area contributed by atoms with E-state index in [9.17, 15) is 0 Å². The largest absolute Gasteiger partial charge is 0.496 e. The van der Waals surface area contributed by atoms with Gasteiger partial charge >= 0.3 is 0 Å². The van der Waals surface area contributed by atoms with Crippen LogP contribution in [-0.4, -0.2) is 23.9 Å². The van der Waals surface area contributed by atoms with Crippen molar-refractivity contribution < 1.29 is 4.74 Å². The molecule has 0 aliphatic heterocycles. The molecule has 0 aliphatic carbocycles. The van der Waals surface area contributed by atoms with Gasteiger partial charge in [-0.2, -0.15) is 5.10 Å². The second-order valence-electron chi connectivity index (χ2n) is 4.90. The zero-order chi connectivity index (χ0) is 14.0. The Labute approximate surface area is 114 Å². The summed E-state index contributed by atoms with van der Waals surface area (Å²) in [5, 5.41) is 7.46. The predicted octanol–water partition coefficient (Wildman–Crippen LogP) is 3.26. The van der Waals surface area contributed by atoms with Crippen LogP contribution in [0.1, 0.15) is 25.3 Å². The molecule has 0 saturated carbocycles. The van der Waals surface area contributed by atoms with E-state index in [0.717, 1.165) is 22.8 Å². The number of anilines is 1. The summed E-state index contributed by atoms with van der Waals surface area (Å²) in [7, 11) is 5.54. The molecule has 19 heavy (non-hydrogen) atoms. The molecule has 0 fully saturated rings. The van der Waals surface area contributed by atoms with E-state index in [2.05, 4.69) is 36.4 Å². The van der Waals surface area contributed by atoms with Crippen LogP contribution in [0.25, 0.3) is 11.3 Å². The smallest absolute Gasteiger partial charge is 0.148 e. The van der Waals surface area contributed by atoms with E-state index in [1.165, 1.54) is 5.56 Å². The SMILES string of the molecule is CNc1cc(-c2ccc(OC)c(C(C)C)c2)n(C)n1. The zero-order valence-corrected chi connectivity index (χ0v) is 12.2. The van der Waals surface area contributed by atoms with Gasteiger partial charge in [-0.1, -0.05) is 13.8 Å². The van der Waals surface area contributed by atoms with E-state index < -0.39 is 0 Å². The van der Waals surface area contributed by atoms with Crippen LogP contribution in [0.2, 0.25) is 0 Å². The third kappa shape index (κ3) is 2.57. The van der Waals surface area contributed by atoms with Gasteiger partial charge in [0.25, 0.3) is 0 Å². The molecule has 0 radical (unpaired) electrons. The van der Waals surface area contributed by atoms with Gasteiger partial charge in [0.1, 0.15) is 11.6 Å². The second kappa shape index (κ2) is 5.34. The quantitative estimate of drug-likeness (QED) is 0.916. The summed E-state index contributed by atoms with van der Waals surface area (Å²) in [4.78, 5) is 0. The molecule has 1 N–H and O–H groups in total. The summed E-state index contributed by atoms with van der Waals surface area (Å²) < 4.78 is 7.31. The zero-order valence-electron chi connectivity index (χ0n) is 12.2. The molecule has 0 spiro atoms. The molecule has 0 amide bonds. The van der Waals surface area contributed by atoms with Gasteiger partial charge in [0, 0.05) is 25.7 Å². The number of aryl methyl sites for hydroxylation is 1. The highest BCUT2D eigenvalue weighted by atomic mass is 16.5. The highest BCUT2D eigenvalue weighted by Gasteiger charge is 2.12. The Morgan fingerprint density at radius 2 is 2.00 bits per heavy atom. The topological polar surface area (TPSA) is 39.1 Å². The molecule has 4 heteroatoms. The van der Waals surface area contributed by atoms with Crippen molar-refractivity contribution in [2.75, 3.05) is 19.5 Å². The van der Waals surface area contributed by atoms with E-state index in [1.54, 1.807) is 7.11 Å². The molecule has 1 aromatic carbocycles. The van der Waals surface area contributed by atoms with Crippen molar-refractivity contribution >= 4 is 5.82 Å². The Kier molecular flexibility index (Phi) is 3.79. The predicted molar refractivity (Wildman–Crippen MR) is 78.8 cm³/mol. The molecular formula is C15H21N3O. The summed E-state index contributed by atoms with van der Waals surface area (Å²) in [6.07, 6.45) is 0. The molecule has 0 aliphatic rings. The van der Waals surface area contributed by atoms with Crippen molar-refractivity contribution in [3.63, 3.8) is 0 Å². The fraction of sp³-hybridized carbons (Fsp3) is 0.400. The number of rotatable bonds is 4. The molecule has 0 bridgehead atoms.